The highest BCUT2D eigenvalue weighted by atomic mass is 16.5. The SMILES string of the molecule is COCCC(=O)NC1CCN(C(=O)CCCOc2ccccc2C)CC1. The molecule has 1 heterocycles. The zero-order chi connectivity index (χ0) is 18.8. The summed E-state index contributed by atoms with van der Waals surface area (Å²) in [6.07, 6.45) is 3.21. The number of ether oxygens (including phenoxy) is 2. The Kier molecular flexibility index (Phi) is 8.41. The van der Waals surface area contributed by atoms with Crippen LogP contribution in [0.15, 0.2) is 24.3 Å². The lowest BCUT2D eigenvalue weighted by atomic mass is 10.0. The molecular weight excluding hydrogens is 332 g/mol. The Balaban J connectivity index is 1.61. The van der Waals surface area contributed by atoms with Crippen molar-refractivity contribution in [3.8, 4) is 5.75 Å². The molecule has 6 nitrogen and oxygen atoms in total. The normalized spacial score (nSPS) is 14.9. The van der Waals surface area contributed by atoms with E-state index in [-0.39, 0.29) is 17.9 Å². The molecule has 1 N–H and O–H groups in total. The van der Waals surface area contributed by atoms with Crippen LogP contribution in [0.25, 0.3) is 0 Å². The van der Waals surface area contributed by atoms with Gasteiger partial charge < -0.3 is 19.7 Å². The van der Waals surface area contributed by atoms with Crippen molar-refractivity contribution in [2.24, 2.45) is 0 Å². The predicted octanol–water partition coefficient (Wildman–Crippen LogP) is 2.30. The van der Waals surface area contributed by atoms with Crippen LogP contribution in [-0.4, -0.2) is 56.2 Å². The summed E-state index contributed by atoms with van der Waals surface area (Å²) in [7, 11) is 1.59. The van der Waals surface area contributed by atoms with Gasteiger partial charge in [0.15, 0.2) is 0 Å². The van der Waals surface area contributed by atoms with Crippen molar-refractivity contribution >= 4 is 11.8 Å². The van der Waals surface area contributed by atoms with Crippen molar-refractivity contribution in [2.45, 2.75) is 45.1 Å². The molecule has 26 heavy (non-hydrogen) atoms. The number of rotatable bonds is 9. The highest BCUT2D eigenvalue weighted by Crippen LogP contribution is 2.17. The van der Waals surface area contributed by atoms with Gasteiger partial charge in [0, 0.05) is 39.1 Å². The first-order chi connectivity index (χ1) is 12.6. The molecule has 0 bridgehead atoms. The number of carbonyl (C=O) groups excluding carboxylic acids is 2. The molecule has 0 saturated carbocycles. The van der Waals surface area contributed by atoms with E-state index >= 15 is 0 Å². The van der Waals surface area contributed by atoms with Gasteiger partial charge in [-0.05, 0) is 37.8 Å². The van der Waals surface area contributed by atoms with Crippen molar-refractivity contribution in [3.63, 3.8) is 0 Å². The lowest BCUT2D eigenvalue weighted by molar-refractivity contribution is -0.132. The topological polar surface area (TPSA) is 67.9 Å². The Hall–Kier alpha value is -2.08. The summed E-state index contributed by atoms with van der Waals surface area (Å²) in [5.74, 6) is 1.07. The summed E-state index contributed by atoms with van der Waals surface area (Å²) in [6, 6.07) is 8.05. The van der Waals surface area contributed by atoms with Crippen molar-refractivity contribution in [2.75, 3.05) is 33.4 Å². The number of piperidine rings is 1. The van der Waals surface area contributed by atoms with E-state index in [1.165, 1.54) is 0 Å². The lowest BCUT2D eigenvalue weighted by Gasteiger charge is -2.32. The minimum atomic E-state index is 0.0185. The largest absolute Gasteiger partial charge is 0.493 e. The maximum Gasteiger partial charge on any atom is 0.222 e. The summed E-state index contributed by atoms with van der Waals surface area (Å²) in [4.78, 5) is 25.9. The summed E-state index contributed by atoms with van der Waals surface area (Å²) >= 11 is 0. The first-order valence-electron chi connectivity index (χ1n) is 9.34. The van der Waals surface area contributed by atoms with Crippen molar-refractivity contribution in [1.29, 1.82) is 0 Å². The second-order valence-corrected chi connectivity index (χ2v) is 6.68. The molecule has 1 aromatic rings. The highest BCUT2D eigenvalue weighted by molar-refractivity contribution is 5.77. The van der Waals surface area contributed by atoms with E-state index in [2.05, 4.69) is 5.32 Å². The summed E-state index contributed by atoms with van der Waals surface area (Å²) in [5, 5.41) is 3.01. The van der Waals surface area contributed by atoms with E-state index in [1.54, 1.807) is 7.11 Å². The maximum absolute atomic E-state index is 12.3. The molecule has 2 rings (SSSR count). The van der Waals surface area contributed by atoms with E-state index < -0.39 is 0 Å². The maximum atomic E-state index is 12.3. The van der Waals surface area contributed by atoms with Gasteiger partial charge in [-0.25, -0.2) is 0 Å². The Morgan fingerprint density at radius 2 is 1.88 bits per heavy atom. The summed E-state index contributed by atoms with van der Waals surface area (Å²) in [5.41, 5.74) is 1.11. The average molecular weight is 362 g/mol. The Morgan fingerprint density at radius 3 is 2.58 bits per heavy atom. The van der Waals surface area contributed by atoms with E-state index in [1.807, 2.05) is 36.1 Å². The number of para-hydroxylation sites is 1. The van der Waals surface area contributed by atoms with Gasteiger partial charge in [0.05, 0.1) is 13.2 Å². The van der Waals surface area contributed by atoms with Crippen LogP contribution in [0.1, 0.15) is 37.7 Å². The van der Waals surface area contributed by atoms with Gasteiger partial charge in [-0.1, -0.05) is 18.2 Å². The minimum absolute atomic E-state index is 0.0185. The Morgan fingerprint density at radius 1 is 1.15 bits per heavy atom. The first kappa shape index (κ1) is 20.2. The van der Waals surface area contributed by atoms with Gasteiger partial charge in [0.25, 0.3) is 0 Å². The smallest absolute Gasteiger partial charge is 0.222 e. The van der Waals surface area contributed by atoms with Crippen LogP contribution in [0.2, 0.25) is 0 Å². The van der Waals surface area contributed by atoms with E-state index in [0.29, 0.717) is 45.6 Å². The molecule has 144 valence electrons. The molecule has 1 aromatic carbocycles. The van der Waals surface area contributed by atoms with Gasteiger partial charge >= 0.3 is 0 Å². The number of nitrogens with zero attached hydrogens (tertiary/aromatic N) is 1. The van der Waals surface area contributed by atoms with Gasteiger partial charge in [-0.2, -0.15) is 0 Å². The fraction of sp³-hybridized carbons (Fsp3) is 0.600. The molecule has 0 radical (unpaired) electrons. The molecule has 0 aromatic heterocycles. The van der Waals surface area contributed by atoms with E-state index in [0.717, 1.165) is 24.2 Å². The van der Waals surface area contributed by atoms with Crippen molar-refractivity contribution in [3.05, 3.63) is 29.8 Å². The number of hydrogen-bond acceptors (Lipinski definition) is 4. The van der Waals surface area contributed by atoms with Crippen LogP contribution in [-0.2, 0) is 14.3 Å². The monoisotopic (exact) mass is 362 g/mol. The molecule has 0 spiro atoms. The second-order valence-electron chi connectivity index (χ2n) is 6.68. The van der Waals surface area contributed by atoms with Gasteiger partial charge in [0.2, 0.25) is 11.8 Å². The van der Waals surface area contributed by atoms with Gasteiger partial charge in [0.1, 0.15) is 5.75 Å². The fourth-order valence-electron chi connectivity index (χ4n) is 3.05. The third-order valence-electron chi connectivity index (χ3n) is 4.63. The number of methoxy groups -OCH3 is 1. The van der Waals surface area contributed by atoms with Crippen LogP contribution in [0.4, 0.5) is 0 Å². The Bertz CT molecular complexity index is 583. The zero-order valence-electron chi connectivity index (χ0n) is 15.8. The van der Waals surface area contributed by atoms with E-state index in [9.17, 15) is 9.59 Å². The number of benzene rings is 1. The molecular formula is C20H30N2O4. The summed E-state index contributed by atoms with van der Waals surface area (Å²) in [6.45, 7) is 4.40. The third-order valence-corrected chi connectivity index (χ3v) is 4.63. The van der Waals surface area contributed by atoms with Crippen molar-refractivity contribution in [1.82, 2.24) is 10.2 Å². The molecule has 6 heteroatoms. The molecule has 2 amide bonds. The van der Waals surface area contributed by atoms with Gasteiger partial charge in [-0.15, -0.1) is 0 Å². The zero-order valence-corrected chi connectivity index (χ0v) is 15.8. The van der Waals surface area contributed by atoms with Crippen LogP contribution in [0, 0.1) is 6.92 Å². The molecule has 0 atom stereocenters. The van der Waals surface area contributed by atoms with Crippen LogP contribution in [0.3, 0.4) is 0 Å². The lowest BCUT2D eigenvalue weighted by Crippen LogP contribution is -2.46. The van der Waals surface area contributed by atoms with Gasteiger partial charge in [-0.3, -0.25) is 9.59 Å². The third kappa shape index (κ3) is 6.67. The molecule has 1 saturated heterocycles. The Labute approximate surface area is 155 Å². The summed E-state index contributed by atoms with van der Waals surface area (Å²) < 4.78 is 10.6. The van der Waals surface area contributed by atoms with Crippen LogP contribution >= 0.6 is 0 Å². The van der Waals surface area contributed by atoms with Crippen LogP contribution < -0.4 is 10.1 Å². The molecule has 0 unspecified atom stereocenters. The number of aryl methyl sites for hydroxylation is 1. The number of likely N-dealkylation sites (tertiary alicyclic amines) is 1. The first-order valence-corrected chi connectivity index (χ1v) is 9.34. The number of carbonyl (C=O) groups is 2. The average Bonchev–Trinajstić information content (AvgIpc) is 2.65. The predicted molar refractivity (Wildman–Crippen MR) is 100 cm³/mol. The van der Waals surface area contributed by atoms with Crippen LogP contribution in [0.5, 0.6) is 5.75 Å². The molecule has 1 aliphatic heterocycles. The molecule has 1 fully saturated rings. The molecule has 0 aliphatic carbocycles. The second kappa shape index (κ2) is 10.8. The van der Waals surface area contributed by atoms with E-state index in [4.69, 9.17) is 9.47 Å². The van der Waals surface area contributed by atoms with Crippen molar-refractivity contribution < 1.29 is 19.1 Å². The fourth-order valence-corrected chi connectivity index (χ4v) is 3.05. The number of amides is 2. The number of hydrogen-bond donors (Lipinski definition) is 1. The standard InChI is InChI=1S/C20H30N2O4/c1-16-6-3-4-7-18(16)26-14-5-8-20(24)22-12-9-17(10-13-22)21-19(23)11-15-25-2/h3-4,6-7,17H,5,8-15H2,1-2H3,(H,21,23). The quantitative estimate of drug-likeness (QED) is 0.685. The highest BCUT2D eigenvalue weighted by Gasteiger charge is 2.23. The number of nitrogens with one attached hydrogen (secondary N) is 1. The minimum Gasteiger partial charge on any atom is -0.493 e. The molecule has 1 aliphatic rings.